The summed E-state index contributed by atoms with van der Waals surface area (Å²) in [7, 11) is 0. The number of hydrogen-bond donors (Lipinski definition) is 1. The molecule has 8 heteroatoms. The predicted molar refractivity (Wildman–Crippen MR) is 131 cm³/mol. The molecule has 1 atom stereocenters. The van der Waals surface area contributed by atoms with Gasteiger partial charge in [0.05, 0.1) is 10.7 Å². The number of hydrogen-bond acceptors (Lipinski definition) is 3. The maximum absolute atomic E-state index is 13.8. The molecule has 2 aliphatic rings. The number of alkyl halides is 2. The smallest absolute Gasteiger partial charge is 0.248 e. The fraction of sp³-hybridized carbons (Fsp3) is 0.320. The summed E-state index contributed by atoms with van der Waals surface area (Å²) in [6, 6.07) is 14.7. The van der Waals surface area contributed by atoms with Gasteiger partial charge >= 0.3 is 0 Å². The number of nitrogens with two attached hydrogens (primary N) is 1. The molecule has 1 spiro atoms. The lowest BCUT2D eigenvalue weighted by molar-refractivity contribution is -0.103. The van der Waals surface area contributed by atoms with E-state index in [0.717, 1.165) is 26.7 Å². The second-order valence-electron chi connectivity index (χ2n) is 8.86. The van der Waals surface area contributed by atoms with Crippen LogP contribution in [0.1, 0.15) is 43.7 Å². The van der Waals surface area contributed by atoms with E-state index in [4.69, 9.17) is 38.7 Å². The summed E-state index contributed by atoms with van der Waals surface area (Å²) in [4.78, 5) is 4.89. The Bertz CT molecular complexity index is 1210. The van der Waals surface area contributed by atoms with Gasteiger partial charge in [0.1, 0.15) is 5.60 Å². The minimum atomic E-state index is -2.65. The van der Waals surface area contributed by atoms with Gasteiger partial charge in [-0.1, -0.05) is 57.3 Å². The predicted octanol–water partition coefficient (Wildman–Crippen LogP) is 8.22. The van der Waals surface area contributed by atoms with E-state index in [-0.39, 0.29) is 31.7 Å². The maximum atomic E-state index is 13.8. The van der Waals surface area contributed by atoms with Gasteiger partial charge in [0.2, 0.25) is 11.8 Å². The van der Waals surface area contributed by atoms with Gasteiger partial charge < -0.3 is 10.5 Å². The van der Waals surface area contributed by atoms with Crippen LogP contribution in [0.4, 0.5) is 8.78 Å². The molecule has 1 fully saturated rings. The van der Waals surface area contributed by atoms with Crippen molar-refractivity contribution in [1.29, 1.82) is 0 Å². The van der Waals surface area contributed by atoms with Crippen molar-refractivity contribution in [2.75, 3.05) is 0 Å². The summed E-state index contributed by atoms with van der Waals surface area (Å²) in [6.45, 7) is 0. The average Bonchev–Trinajstić information content (AvgIpc) is 2.76. The zero-order chi connectivity index (χ0) is 23.4. The number of halogens is 5. The molecule has 0 radical (unpaired) electrons. The zero-order valence-corrected chi connectivity index (χ0v) is 20.7. The summed E-state index contributed by atoms with van der Waals surface area (Å²) in [5.41, 5.74) is 9.74. The highest BCUT2D eigenvalue weighted by Gasteiger charge is 2.48. The molecule has 1 aromatic heterocycles. The van der Waals surface area contributed by atoms with E-state index in [2.05, 4.69) is 15.9 Å². The van der Waals surface area contributed by atoms with Crippen LogP contribution in [0.5, 0.6) is 5.88 Å². The van der Waals surface area contributed by atoms with E-state index in [0.29, 0.717) is 28.0 Å². The van der Waals surface area contributed by atoms with Crippen molar-refractivity contribution in [1.82, 2.24) is 4.98 Å². The first kappa shape index (κ1) is 23.0. The molecule has 0 bridgehead atoms. The van der Waals surface area contributed by atoms with Gasteiger partial charge in [0.15, 0.2) is 0 Å². The zero-order valence-electron chi connectivity index (χ0n) is 17.6. The number of rotatable bonds is 2. The Morgan fingerprint density at radius 3 is 2.33 bits per heavy atom. The molecule has 0 amide bonds. The van der Waals surface area contributed by atoms with Crippen LogP contribution in [0.25, 0.3) is 22.4 Å². The first-order valence-corrected chi connectivity index (χ1v) is 12.3. The summed E-state index contributed by atoms with van der Waals surface area (Å²) in [5, 5.41) is 1.16. The topological polar surface area (TPSA) is 48.1 Å². The van der Waals surface area contributed by atoms with Crippen LogP contribution >= 0.6 is 39.1 Å². The number of benzene rings is 2. The highest BCUT2D eigenvalue weighted by Crippen LogP contribution is 2.50. The summed E-state index contributed by atoms with van der Waals surface area (Å²) >= 11 is 16.1. The molecule has 3 nitrogen and oxygen atoms in total. The number of ether oxygens (including phenoxy) is 1. The van der Waals surface area contributed by atoms with Crippen LogP contribution in [-0.2, 0) is 0 Å². The lowest BCUT2D eigenvalue weighted by atomic mass is 9.76. The van der Waals surface area contributed by atoms with Crippen molar-refractivity contribution in [3.8, 4) is 28.3 Å². The molecule has 5 rings (SSSR count). The number of pyridine rings is 1. The molecular weight excluding hydrogens is 533 g/mol. The molecule has 2 heterocycles. The molecule has 1 saturated carbocycles. The minimum absolute atomic E-state index is 0.205. The van der Waals surface area contributed by atoms with E-state index < -0.39 is 11.5 Å². The lowest BCUT2D eigenvalue weighted by Crippen LogP contribution is -2.48. The van der Waals surface area contributed by atoms with Gasteiger partial charge in [-0.25, -0.2) is 13.8 Å². The molecule has 1 aliphatic heterocycles. The van der Waals surface area contributed by atoms with Crippen LogP contribution in [-0.4, -0.2) is 16.5 Å². The normalized spacial score (nSPS) is 20.8. The molecule has 1 aliphatic carbocycles. The van der Waals surface area contributed by atoms with E-state index in [9.17, 15) is 8.78 Å². The molecule has 33 heavy (non-hydrogen) atoms. The van der Waals surface area contributed by atoms with Crippen molar-refractivity contribution in [3.63, 3.8) is 0 Å². The van der Waals surface area contributed by atoms with E-state index in [1.54, 1.807) is 6.07 Å². The van der Waals surface area contributed by atoms with Gasteiger partial charge in [-0.3, -0.25) is 0 Å². The SMILES string of the molecule is N[C@@H]1CC2(CCC(F)(F)CC2)Oc2nc(-c3ccc(Br)cc3Cl)c(-c3ccc(Cl)cc3)cc21. The van der Waals surface area contributed by atoms with Crippen LogP contribution in [0.3, 0.4) is 0 Å². The Labute approximate surface area is 209 Å². The van der Waals surface area contributed by atoms with Crippen molar-refractivity contribution in [2.24, 2.45) is 5.73 Å². The Morgan fingerprint density at radius 2 is 1.67 bits per heavy atom. The first-order valence-electron chi connectivity index (χ1n) is 10.7. The Kier molecular flexibility index (Phi) is 5.93. The fourth-order valence-electron chi connectivity index (χ4n) is 4.73. The summed E-state index contributed by atoms with van der Waals surface area (Å²) in [6.07, 6.45) is 0.576. The van der Waals surface area contributed by atoms with Gasteiger partial charge in [-0.15, -0.1) is 0 Å². The Morgan fingerprint density at radius 1 is 0.970 bits per heavy atom. The molecule has 2 aromatic carbocycles. The molecular formula is C25H21BrCl2F2N2O. The Hall–Kier alpha value is -1.73. The third-order valence-corrected chi connectivity index (χ3v) is 7.61. The first-order chi connectivity index (χ1) is 15.6. The number of aromatic nitrogens is 1. The second-order valence-corrected chi connectivity index (χ2v) is 10.6. The van der Waals surface area contributed by atoms with Crippen LogP contribution in [0, 0.1) is 0 Å². The van der Waals surface area contributed by atoms with Gasteiger partial charge in [-0.05, 0) is 48.7 Å². The van der Waals surface area contributed by atoms with Crippen LogP contribution < -0.4 is 10.5 Å². The molecule has 0 saturated heterocycles. The third-order valence-electron chi connectivity index (χ3n) is 6.55. The quantitative estimate of drug-likeness (QED) is 0.348. The highest BCUT2D eigenvalue weighted by molar-refractivity contribution is 9.10. The van der Waals surface area contributed by atoms with Gasteiger partial charge in [0, 0.05) is 51.5 Å². The summed E-state index contributed by atoms with van der Waals surface area (Å²) < 4.78 is 34.9. The van der Waals surface area contributed by atoms with Crippen LogP contribution in [0.15, 0.2) is 53.0 Å². The largest absolute Gasteiger partial charge is 0.471 e. The van der Waals surface area contributed by atoms with E-state index >= 15 is 0 Å². The molecule has 172 valence electrons. The van der Waals surface area contributed by atoms with Gasteiger partial charge in [0.25, 0.3) is 0 Å². The van der Waals surface area contributed by atoms with E-state index in [1.165, 1.54) is 0 Å². The molecule has 2 N–H and O–H groups in total. The van der Waals surface area contributed by atoms with E-state index in [1.807, 2.05) is 42.5 Å². The number of nitrogens with zero attached hydrogens (tertiary/aromatic N) is 1. The number of fused-ring (bicyclic) bond motifs is 1. The average molecular weight is 554 g/mol. The van der Waals surface area contributed by atoms with Crippen molar-refractivity contribution >= 4 is 39.1 Å². The second kappa shape index (κ2) is 8.49. The van der Waals surface area contributed by atoms with Crippen molar-refractivity contribution in [2.45, 2.75) is 49.7 Å². The standard InChI is InChI=1S/C25H21BrCl2F2N2O/c26-15-3-6-17(20(28)11-15)22-18(14-1-4-16(27)5-2-14)12-19-21(31)13-24(33-23(19)32-22)7-9-25(29,30)10-8-24/h1-6,11-12,21H,7-10,13,31H2/t21-/m1/s1. The van der Waals surface area contributed by atoms with Gasteiger partial charge in [-0.2, -0.15) is 0 Å². The fourth-order valence-corrected chi connectivity index (χ4v) is 5.62. The Balaban J connectivity index is 1.65. The lowest BCUT2D eigenvalue weighted by Gasteiger charge is -2.44. The summed E-state index contributed by atoms with van der Waals surface area (Å²) in [5.74, 6) is -2.26. The maximum Gasteiger partial charge on any atom is 0.248 e. The van der Waals surface area contributed by atoms with Crippen LogP contribution in [0.2, 0.25) is 10.0 Å². The van der Waals surface area contributed by atoms with Crippen molar-refractivity contribution in [3.05, 3.63) is 68.6 Å². The monoisotopic (exact) mass is 552 g/mol. The molecule has 0 unspecified atom stereocenters. The highest BCUT2D eigenvalue weighted by atomic mass is 79.9. The van der Waals surface area contributed by atoms with Crippen molar-refractivity contribution < 1.29 is 13.5 Å². The minimum Gasteiger partial charge on any atom is -0.471 e. The molecule has 3 aromatic rings. The third kappa shape index (κ3) is 4.51.